The van der Waals surface area contributed by atoms with Crippen LogP contribution in [0.2, 0.25) is 0 Å². The van der Waals surface area contributed by atoms with Crippen molar-refractivity contribution in [1.82, 2.24) is 10.2 Å². The quantitative estimate of drug-likeness (QED) is 0.723. The molecule has 1 fully saturated rings. The number of hydrogen-bond donors (Lipinski definition) is 3. The molecular weight excluding hydrogens is 206 g/mol. The van der Waals surface area contributed by atoms with Crippen molar-refractivity contribution in [3.63, 3.8) is 0 Å². The lowest BCUT2D eigenvalue weighted by atomic mass is 9.98. The minimum Gasteiger partial charge on any atom is -0.389 e. The summed E-state index contributed by atoms with van der Waals surface area (Å²) in [5.41, 5.74) is 0.102. The van der Waals surface area contributed by atoms with Gasteiger partial charge in [0.15, 0.2) is 5.82 Å². The number of amides is 1. The van der Waals surface area contributed by atoms with Gasteiger partial charge in [-0.2, -0.15) is 5.10 Å². The zero-order valence-corrected chi connectivity index (χ0v) is 9.42. The van der Waals surface area contributed by atoms with E-state index >= 15 is 0 Å². The molecule has 1 saturated carbocycles. The number of aryl methyl sites for hydroxylation is 1. The molecule has 1 amide bonds. The highest BCUT2D eigenvalue weighted by molar-refractivity contribution is 5.90. The van der Waals surface area contributed by atoms with Crippen LogP contribution >= 0.6 is 0 Å². The number of aromatic nitrogens is 2. The largest absolute Gasteiger partial charge is 0.389 e. The number of rotatable bonds is 3. The van der Waals surface area contributed by atoms with E-state index in [0.29, 0.717) is 5.82 Å². The highest BCUT2D eigenvalue weighted by atomic mass is 16.3. The topological polar surface area (TPSA) is 78.0 Å². The van der Waals surface area contributed by atoms with Crippen LogP contribution in [0.15, 0.2) is 6.07 Å². The molecule has 0 radical (unpaired) electrons. The molecule has 88 valence electrons. The van der Waals surface area contributed by atoms with Crippen LogP contribution in [0.25, 0.3) is 0 Å². The second kappa shape index (κ2) is 4.25. The van der Waals surface area contributed by atoms with Gasteiger partial charge in [-0.1, -0.05) is 12.8 Å². The third-order valence-corrected chi connectivity index (χ3v) is 3.00. The first-order valence-electron chi connectivity index (χ1n) is 5.62. The molecule has 0 spiro atoms. The van der Waals surface area contributed by atoms with Gasteiger partial charge in [0, 0.05) is 11.8 Å². The van der Waals surface area contributed by atoms with Gasteiger partial charge >= 0.3 is 0 Å². The Balaban J connectivity index is 1.89. The molecule has 1 heterocycles. The summed E-state index contributed by atoms with van der Waals surface area (Å²) in [5.74, 6) is 0.347. The standard InChI is InChI=1S/C11H17N3O2/c1-8-6-9(14-13-8)12-10(15)7-11(16)4-2-3-5-11/h6,16H,2-5,7H2,1H3,(H2,12,13,14,15). The van der Waals surface area contributed by atoms with Crippen LogP contribution < -0.4 is 5.32 Å². The Morgan fingerprint density at radius 3 is 2.88 bits per heavy atom. The van der Waals surface area contributed by atoms with E-state index < -0.39 is 5.60 Å². The summed E-state index contributed by atoms with van der Waals surface area (Å²) in [6, 6.07) is 1.76. The molecule has 1 aromatic rings. The number of anilines is 1. The minimum atomic E-state index is -0.796. The Morgan fingerprint density at radius 2 is 2.31 bits per heavy atom. The van der Waals surface area contributed by atoms with Crippen LogP contribution in [0.4, 0.5) is 5.82 Å². The van der Waals surface area contributed by atoms with Crippen molar-refractivity contribution in [1.29, 1.82) is 0 Å². The number of hydrogen-bond acceptors (Lipinski definition) is 3. The van der Waals surface area contributed by atoms with Gasteiger partial charge in [0.05, 0.1) is 12.0 Å². The molecule has 0 aliphatic heterocycles. The zero-order chi connectivity index (χ0) is 11.6. The first-order chi connectivity index (χ1) is 7.57. The maximum atomic E-state index is 11.7. The molecule has 5 nitrogen and oxygen atoms in total. The molecule has 0 atom stereocenters. The normalized spacial score (nSPS) is 18.6. The summed E-state index contributed by atoms with van der Waals surface area (Å²) in [6.45, 7) is 1.87. The maximum absolute atomic E-state index is 11.7. The van der Waals surface area contributed by atoms with Crippen molar-refractivity contribution in [3.8, 4) is 0 Å². The number of aromatic amines is 1. The second-order valence-electron chi connectivity index (χ2n) is 4.59. The summed E-state index contributed by atoms with van der Waals surface area (Å²) >= 11 is 0. The van der Waals surface area contributed by atoms with E-state index in [1.807, 2.05) is 6.92 Å². The van der Waals surface area contributed by atoms with Crippen LogP contribution in [0.3, 0.4) is 0 Å². The summed E-state index contributed by atoms with van der Waals surface area (Å²) in [4.78, 5) is 11.7. The number of nitrogens with one attached hydrogen (secondary N) is 2. The van der Waals surface area contributed by atoms with Crippen LogP contribution in [0, 0.1) is 6.92 Å². The van der Waals surface area contributed by atoms with Gasteiger partial charge in [-0.3, -0.25) is 9.89 Å². The summed E-state index contributed by atoms with van der Waals surface area (Å²) < 4.78 is 0. The first-order valence-corrected chi connectivity index (χ1v) is 5.62. The predicted molar refractivity (Wildman–Crippen MR) is 60.0 cm³/mol. The van der Waals surface area contributed by atoms with Gasteiger partial charge in [-0.25, -0.2) is 0 Å². The second-order valence-corrected chi connectivity index (χ2v) is 4.59. The fourth-order valence-corrected chi connectivity index (χ4v) is 2.18. The van der Waals surface area contributed by atoms with E-state index in [9.17, 15) is 9.90 Å². The first kappa shape index (κ1) is 11.1. The van der Waals surface area contributed by atoms with Crippen molar-refractivity contribution in [2.24, 2.45) is 0 Å². The smallest absolute Gasteiger partial charge is 0.228 e. The van der Waals surface area contributed by atoms with Crippen LogP contribution in [0.1, 0.15) is 37.8 Å². The molecule has 16 heavy (non-hydrogen) atoms. The zero-order valence-electron chi connectivity index (χ0n) is 9.42. The Labute approximate surface area is 94.2 Å². The molecule has 2 rings (SSSR count). The molecule has 1 aliphatic carbocycles. The van der Waals surface area contributed by atoms with Gasteiger partial charge in [-0.15, -0.1) is 0 Å². The van der Waals surface area contributed by atoms with Gasteiger partial charge in [0.2, 0.25) is 5.91 Å². The van der Waals surface area contributed by atoms with E-state index in [4.69, 9.17) is 0 Å². The lowest BCUT2D eigenvalue weighted by Crippen LogP contribution is -2.30. The molecule has 0 aromatic carbocycles. The fourth-order valence-electron chi connectivity index (χ4n) is 2.18. The SMILES string of the molecule is Cc1cc(NC(=O)CC2(O)CCCC2)n[nH]1. The summed E-state index contributed by atoms with van der Waals surface area (Å²) in [7, 11) is 0. The Hall–Kier alpha value is -1.36. The lowest BCUT2D eigenvalue weighted by molar-refractivity contribution is -0.120. The third-order valence-electron chi connectivity index (χ3n) is 3.00. The Bertz CT molecular complexity index is 380. The van der Waals surface area contributed by atoms with Crippen molar-refractivity contribution in [2.75, 3.05) is 5.32 Å². The van der Waals surface area contributed by atoms with E-state index in [2.05, 4.69) is 15.5 Å². The third kappa shape index (κ3) is 2.61. The minimum absolute atomic E-state index is 0.166. The number of carbonyl (C=O) groups is 1. The molecular formula is C11H17N3O2. The van der Waals surface area contributed by atoms with E-state index in [1.54, 1.807) is 6.07 Å². The Kier molecular flexibility index (Phi) is 2.96. The molecule has 1 aliphatic rings. The van der Waals surface area contributed by atoms with E-state index in [0.717, 1.165) is 31.4 Å². The average Bonchev–Trinajstić information content (AvgIpc) is 2.75. The van der Waals surface area contributed by atoms with Crippen molar-refractivity contribution >= 4 is 11.7 Å². The number of H-pyrrole nitrogens is 1. The summed E-state index contributed by atoms with van der Waals surface area (Å²) in [5, 5.41) is 19.4. The van der Waals surface area contributed by atoms with Crippen molar-refractivity contribution < 1.29 is 9.90 Å². The molecule has 3 N–H and O–H groups in total. The highest BCUT2D eigenvalue weighted by Gasteiger charge is 2.33. The van der Waals surface area contributed by atoms with Crippen LogP contribution in [-0.2, 0) is 4.79 Å². The predicted octanol–water partition coefficient (Wildman–Crippen LogP) is 1.35. The fraction of sp³-hybridized carbons (Fsp3) is 0.636. The average molecular weight is 223 g/mol. The number of aliphatic hydroxyl groups is 1. The van der Waals surface area contributed by atoms with Gasteiger partial charge in [0.25, 0.3) is 0 Å². The van der Waals surface area contributed by atoms with Gasteiger partial charge in [-0.05, 0) is 19.8 Å². The molecule has 0 bridgehead atoms. The number of carbonyl (C=O) groups excluding carboxylic acids is 1. The van der Waals surface area contributed by atoms with E-state index in [-0.39, 0.29) is 12.3 Å². The molecule has 5 heteroatoms. The van der Waals surface area contributed by atoms with Crippen molar-refractivity contribution in [2.45, 2.75) is 44.6 Å². The van der Waals surface area contributed by atoms with Crippen molar-refractivity contribution in [3.05, 3.63) is 11.8 Å². The molecule has 0 saturated heterocycles. The van der Waals surface area contributed by atoms with E-state index in [1.165, 1.54) is 0 Å². The molecule has 0 unspecified atom stereocenters. The van der Waals surface area contributed by atoms with Gasteiger partial charge in [0.1, 0.15) is 0 Å². The molecule has 1 aromatic heterocycles. The Morgan fingerprint density at radius 1 is 1.62 bits per heavy atom. The van der Waals surface area contributed by atoms with Gasteiger partial charge < -0.3 is 10.4 Å². The monoisotopic (exact) mass is 223 g/mol. The highest BCUT2D eigenvalue weighted by Crippen LogP contribution is 2.32. The summed E-state index contributed by atoms with van der Waals surface area (Å²) in [6.07, 6.45) is 3.62. The maximum Gasteiger partial charge on any atom is 0.228 e. The lowest BCUT2D eigenvalue weighted by Gasteiger charge is -2.20. The number of nitrogens with zero attached hydrogens (tertiary/aromatic N) is 1. The van der Waals surface area contributed by atoms with Crippen LogP contribution in [-0.4, -0.2) is 26.8 Å². The van der Waals surface area contributed by atoms with Crippen LogP contribution in [0.5, 0.6) is 0 Å².